The van der Waals surface area contributed by atoms with Gasteiger partial charge in [-0.15, -0.1) is 5.10 Å². The number of alkyl halides is 2. The maximum atomic E-state index is 12.5. The Kier molecular flexibility index (Phi) is 5.66. The van der Waals surface area contributed by atoms with Crippen molar-refractivity contribution >= 4 is 17.5 Å². The number of aromatic nitrogens is 3. The Bertz CT molecular complexity index is 931. The molecule has 0 aliphatic rings. The summed E-state index contributed by atoms with van der Waals surface area (Å²) in [6, 6.07) is 13.1. The zero-order valence-electron chi connectivity index (χ0n) is 14.2. The molecular weight excluding hydrogens is 378 g/mol. The summed E-state index contributed by atoms with van der Waals surface area (Å²) < 4.78 is 30.1. The zero-order valence-corrected chi connectivity index (χ0v) is 15.0. The van der Waals surface area contributed by atoms with E-state index in [4.69, 9.17) is 11.6 Å². The van der Waals surface area contributed by atoms with Crippen LogP contribution in [-0.4, -0.2) is 39.5 Å². The highest BCUT2D eigenvalue weighted by Crippen LogP contribution is 2.19. The van der Waals surface area contributed by atoms with Gasteiger partial charge in [0.1, 0.15) is 5.75 Å². The van der Waals surface area contributed by atoms with Gasteiger partial charge in [-0.3, -0.25) is 4.79 Å². The summed E-state index contributed by atoms with van der Waals surface area (Å²) in [7, 11) is 1.61. The number of nitrogens with zero attached hydrogens (tertiary/aromatic N) is 4. The summed E-state index contributed by atoms with van der Waals surface area (Å²) in [5.74, 6) is -0.272. The van der Waals surface area contributed by atoms with Crippen LogP contribution in [0.2, 0.25) is 5.02 Å². The van der Waals surface area contributed by atoms with E-state index < -0.39 is 6.61 Å². The lowest BCUT2D eigenvalue weighted by atomic mass is 10.2. The molecule has 0 radical (unpaired) electrons. The smallest absolute Gasteiger partial charge is 0.387 e. The van der Waals surface area contributed by atoms with Crippen molar-refractivity contribution in [3.63, 3.8) is 0 Å². The van der Waals surface area contributed by atoms with E-state index >= 15 is 0 Å². The van der Waals surface area contributed by atoms with Gasteiger partial charge in [-0.25, -0.2) is 4.68 Å². The molecule has 1 heterocycles. The summed E-state index contributed by atoms with van der Waals surface area (Å²) in [5.41, 5.74) is 1.53. The first-order chi connectivity index (χ1) is 12.9. The highest BCUT2D eigenvalue weighted by atomic mass is 35.5. The fourth-order valence-corrected chi connectivity index (χ4v) is 2.66. The van der Waals surface area contributed by atoms with Crippen molar-refractivity contribution in [2.24, 2.45) is 0 Å². The molecule has 2 aromatic carbocycles. The second-order valence-electron chi connectivity index (χ2n) is 5.68. The maximum absolute atomic E-state index is 12.5. The molecule has 9 heteroatoms. The maximum Gasteiger partial charge on any atom is 0.387 e. The molecule has 140 valence electrons. The normalized spacial score (nSPS) is 10.9. The van der Waals surface area contributed by atoms with Crippen LogP contribution in [0.5, 0.6) is 5.75 Å². The van der Waals surface area contributed by atoms with E-state index in [1.807, 2.05) is 0 Å². The number of halogens is 3. The largest absolute Gasteiger partial charge is 0.435 e. The third-order valence-corrected chi connectivity index (χ3v) is 4.05. The zero-order chi connectivity index (χ0) is 19.4. The number of benzene rings is 2. The van der Waals surface area contributed by atoms with E-state index in [9.17, 15) is 13.6 Å². The van der Waals surface area contributed by atoms with Crippen LogP contribution in [0.4, 0.5) is 8.78 Å². The lowest BCUT2D eigenvalue weighted by Gasteiger charge is -2.16. The fourth-order valence-electron chi connectivity index (χ4n) is 2.43. The van der Waals surface area contributed by atoms with E-state index in [0.717, 1.165) is 5.56 Å². The topological polar surface area (TPSA) is 60.2 Å². The van der Waals surface area contributed by atoms with Gasteiger partial charge in [-0.05, 0) is 29.8 Å². The van der Waals surface area contributed by atoms with Crippen LogP contribution in [0.25, 0.3) is 5.69 Å². The third kappa shape index (κ3) is 4.59. The summed E-state index contributed by atoms with van der Waals surface area (Å²) in [4.78, 5) is 14.0. The molecule has 0 bridgehead atoms. The van der Waals surface area contributed by atoms with Crippen molar-refractivity contribution in [3.8, 4) is 11.4 Å². The molecule has 0 N–H and O–H groups in total. The average Bonchev–Trinajstić information content (AvgIpc) is 3.12. The van der Waals surface area contributed by atoms with E-state index in [1.165, 1.54) is 27.9 Å². The molecule has 0 atom stereocenters. The van der Waals surface area contributed by atoms with Crippen molar-refractivity contribution in [2.75, 3.05) is 7.05 Å². The van der Waals surface area contributed by atoms with Gasteiger partial charge in [0.25, 0.3) is 5.91 Å². The van der Waals surface area contributed by atoms with Gasteiger partial charge in [0.2, 0.25) is 0 Å². The number of amides is 1. The minimum atomic E-state index is -2.87. The Morgan fingerprint density at radius 2 is 1.93 bits per heavy atom. The number of para-hydroxylation sites is 1. The molecule has 0 unspecified atom stereocenters. The number of carbonyl (C=O) groups excluding carboxylic acids is 1. The Labute approximate surface area is 158 Å². The summed E-state index contributed by atoms with van der Waals surface area (Å²) in [5, 5.41) is 8.33. The second kappa shape index (κ2) is 8.13. The Balaban J connectivity index is 1.68. The monoisotopic (exact) mass is 392 g/mol. The van der Waals surface area contributed by atoms with Gasteiger partial charge in [0.15, 0.2) is 5.69 Å². The van der Waals surface area contributed by atoms with Gasteiger partial charge in [0.05, 0.1) is 16.9 Å². The molecule has 27 heavy (non-hydrogen) atoms. The van der Waals surface area contributed by atoms with Crippen LogP contribution in [0.15, 0.2) is 54.7 Å². The minimum Gasteiger partial charge on any atom is -0.435 e. The van der Waals surface area contributed by atoms with Gasteiger partial charge < -0.3 is 9.64 Å². The van der Waals surface area contributed by atoms with Crippen LogP contribution in [0.1, 0.15) is 16.1 Å². The van der Waals surface area contributed by atoms with Crippen LogP contribution < -0.4 is 4.74 Å². The average molecular weight is 393 g/mol. The predicted molar refractivity (Wildman–Crippen MR) is 95.2 cm³/mol. The molecule has 0 saturated carbocycles. The van der Waals surface area contributed by atoms with Crippen molar-refractivity contribution in [1.82, 2.24) is 19.9 Å². The lowest BCUT2D eigenvalue weighted by Crippen LogP contribution is -2.26. The molecule has 0 fully saturated rings. The van der Waals surface area contributed by atoms with Crippen LogP contribution >= 0.6 is 11.6 Å². The number of rotatable bonds is 6. The number of ether oxygens (including phenoxy) is 1. The third-order valence-electron chi connectivity index (χ3n) is 3.73. The number of hydrogen-bond donors (Lipinski definition) is 0. The molecule has 6 nitrogen and oxygen atoms in total. The molecule has 0 aliphatic heterocycles. The van der Waals surface area contributed by atoms with Crippen molar-refractivity contribution < 1.29 is 18.3 Å². The molecule has 0 spiro atoms. The van der Waals surface area contributed by atoms with Gasteiger partial charge in [-0.2, -0.15) is 8.78 Å². The van der Waals surface area contributed by atoms with E-state index in [1.54, 1.807) is 43.4 Å². The lowest BCUT2D eigenvalue weighted by molar-refractivity contribution is -0.0498. The van der Waals surface area contributed by atoms with Gasteiger partial charge in [-0.1, -0.05) is 41.1 Å². The fraction of sp³-hybridized carbons (Fsp3) is 0.167. The van der Waals surface area contributed by atoms with Gasteiger partial charge in [0, 0.05) is 13.6 Å². The van der Waals surface area contributed by atoms with Crippen LogP contribution in [-0.2, 0) is 6.54 Å². The molecule has 0 saturated heterocycles. The Hall–Kier alpha value is -3.00. The minimum absolute atomic E-state index is 0.0606. The molecule has 1 aromatic heterocycles. The first kappa shape index (κ1) is 18.8. The number of carbonyl (C=O) groups is 1. The number of hydrogen-bond acceptors (Lipinski definition) is 4. The molecule has 3 rings (SSSR count). The quantitative estimate of drug-likeness (QED) is 0.640. The van der Waals surface area contributed by atoms with Crippen molar-refractivity contribution in [2.45, 2.75) is 13.2 Å². The van der Waals surface area contributed by atoms with Crippen LogP contribution in [0.3, 0.4) is 0 Å². The van der Waals surface area contributed by atoms with E-state index in [-0.39, 0.29) is 23.9 Å². The summed E-state index contributed by atoms with van der Waals surface area (Å²) in [6.07, 6.45) is 1.50. The summed E-state index contributed by atoms with van der Waals surface area (Å²) in [6.45, 7) is -2.60. The predicted octanol–water partition coefficient (Wildman–Crippen LogP) is 3.79. The molecular formula is C18H15ClF2N4O2. The SMILES string of the molecule is CN(Cc1ccc(OC(F)F)cc1)C(=O)c1cn(-c2ccccc2Cl)nn1. The molecule has 0 aliphatic carbocycles. The highest BCUT2D eigenvalue weighted by Gasteiger charge is 2.17. The highest BCUT2D eigenvalue weighted by molar-refractivity contribution is 6.32. The van der Waals surface area contributed by atoms with Crippen molar-refractivity contribution in [1.29, 1.82) is 0 Å². The second-order valence-corrected chi connectivity index (χ2v) is 6.09. The first-order valence-corrected chi connectivity index (χ1v) is 8.28. The Morgan fingerprint density at radius 1 is 1.22 bits per heavy atom. The Morgan fingerprint density at radius 3 is 2.59 bits per heavy atom. The standard InChI is InChI=1S/C18H15ClF2N4O2/c1-24(10-12-6-8-13(9-7-12)27-18(20)21)17(26)15-11-25(23-22-15)16-5-3-2-4-14(16)19/h2-9,11,18H,10H2,1H3. The molecule has 1 amide bonds. The summed E-state index contributed by atoms with van der Waals surface area (Å²) >= 11 is 6.12. The van der Waals surface area contributed by atoms with E-state index in [0.29, 0.717) is 10.7 Å². The van der Waals surface area contributed by atoms with Crippen molar-refractivity contribution in [3.05, 3.63) is 71.0 Å². The van der Waals surface area contributed by atoms with Crippen LogP contribution in [0, 0.1) is 0 Å². The molecule has 3 aromatic rings. The first-order valence-electron chi connectivity index (χ1n) is 7.90. The van der Waals surface area contributed by atoms with Gasteiger partial charge >= 0.3 is 6.61 Å². The van der Waals surface area contributed by atoms with E-state index in [2.05, 4.69) is 15.0 Å².